The number of aliphatic hydroxyl groups is 2. The van der Waals surface area contributed by atoms with E-state index in [1.807, 2.05) is 0 Å². The Hall–Kier alpha value is -3.43. The molecule has 0 bridgehead atoms. The molecule has 0 spiro atoms. The minimum Gasteiger partial charge on any atom is -0.502 e. The number of halogens is 1. The zero-order chi connectivity index (χ0) is 20.4. The summed E-state index contributed by atoms with van der Waals surface area (Å²) in [6.07, 6.45) is 0. The van der Waals surface area contributed by atoms with Gasteiger partial charge in [-0.2, -0.15) is 0 Å². The van der Waals surface area contributed by atoms with Crippen LogP contribution in [0.4, 0.5) is 4.39 Å². The average Bonchev–Trinajstić information content (AvgIpc) is 2.69. The van der Waals surface area contributed by atoms with Crippen LogP contribution in [0.2, 0.25) is 0 Å². The average molecular weight is 390 g/mol. The lowest BCUT2D eigenvalue weighted by atomic mass is 9.92. The predicted molar refractivity (Wildman–Crippen MR) is 92.5 cm³/mol. The molecule has 2 aromatic heterocycles. The Balaban J connectivity index is 2.37. The van der Waals surface area contributed by atoms with Gasteiger partial charge in [0.25, 0.3) is 0 Å². The van der Waals surface area contributed by atoms with E-state index in [4.69, 9.17) is 8.83 Å². The fraction of sp³-hybridized carbons (Fsp3) is 0.158. The Morgan fingerprint density at radius 1 is 0.821 bits per heavy atom. The topological polar surface area (TPSA) is 141 Å². The van der Waals surface area contributed by atoms with Crippen LogP contribution in [0.15, 0.2) is 54.8 Å². The molecule has 3 aromatic rings. The highest BCUT2D eigenvalue weighted by molar-refractivity contribution is 5.45. The van der Waals surface area contributed by atoms with Gasteiger partial charge >= 0.3 is 0 Å². The zero-order valence-corrected chi connectivity index (χ0v) is 14.3. The molecule has 3 rings (SSSR count). The first kappa shape index (κ1) is 19.3. The quantitative estimate of drug-likeness (QED) is 0.511. The van der Waals surface area contributed by atoms with E-state index in [1.165, 1.54) is 12.1 Å². The van der Waals surface area contributed by atoms with Crippen LogP contribution in [0, 0.1) is 5.82 Å². The number of benzene rings is 1. The van der Waals surface area contributed by atoms with E-state index in [0.29, 0.717) is 0 Å². The van der Waals surface area contributed by atoms with Crippen molar-refractivity contribution in [1.29, 1.82) is 0 Å². The zero-order valence-electron chi connectivity index (χ0n) is 14.3. The number of aromatic hydroxyl groups is 2. The second-order valence-corrected chi connectivity index (χ2v) is 5.88. The SMILES string of the molecule is O=c1cc(CO)oc(C(c2ccc(F)cc2)c2oc(CO)cc(=O)c2O)c1O. The van der Waals surface area contributed by atoms with Crippen molar-refractivity contribution in [2.45, 2.75) is 19.1 Å². The first-order chi connectivity index (χ1) is 13.3. The lowest BCUT2D eigenvalue weighted by Gasteiger charge is -2.18. The van der Waals surface area contributed by atoms with Crippen LogP contribution in [0.5, 0.6) is 11.5 Å². The van der Waals surface area contributed by atoms with E-state index in [-0.39, 0.29) is 17.1 Å². The van der Waals surface area contributed by atoms with E-state index in [9.17, 15) is 34.4 Å². The molecule has 0 aliphatic heterocycles. The molecule has 4 N–H and O–H groups in total. The third-order valence-corrected chi connectivity index (χ3v) is 4.04. The largest absolute Gasteiger partial charge is 0.502 e. The summed E-state index contributed by atoms with van der Waals surface area (Å²) in [6, 6.07) is 6.46. The van der Waals surface area contributed by atoms with E-state index in [0.717, 1.165) is 24.3 Å². The van der Waals surface area contributed by atoms with Crippen LogP contribution < -0.4 is 10.9 Å². The molecule has 0 saturated carbocycles. The van der Waals surface area contributed by atoms with Gasteiger partial charge in [-0.1, -0.05) is 12.1 Å². The van der Waals surface area contributed by atoms with Crippen molar-refractivity contribution in [3.63, 3.8) is 0 Å². The van der Waals surface area contributed by atoms with Crippen LogP contribution in [0.25, 0.3) is 0 Å². The van der Waals surface area contributed by atoms with E-state index in [2.05, 4.69) is 0 Å². The van der Waals surface area contributed by atoms with Crippen LogP contribution in [-0.4, -0.2) is 20.4 Å². The molecule has 0 aliphatic rings. The summed E-state index contributed by atoms with van der Waals surface area (Å²) in [5.74, 6) is -4.86. The Kier molecular flexibility index (Phi) is 5.30. The van der Waals surface area contributed by atoms with E-state index in [1.54, 1.807) is 0 Å². The van der Waals surface area contributed by atoms with Gasteiger partial charge in [0.1, 0.15) is 36.5 Å². The van der Waals surface area contributed by atoms with Gasteiger partial charge in [0, 0.05) is 12.1 Å². The molecule has 2 heterocycles. The molecule has 0 unspecified atom stereocenters. The first-order valence-electron chi connectivity index (χ1n) is 8.04. The van der Waals surface area contributed by atoms with Crippen molar-refractivity contribution in [3.8, 4) is 11.5 Å². The minimum absolute atomic E-state index is 0.190. The van der Waals surface area contributed by atoms with Crippen molar-refractivity contribution in [1.82, 2.24) is 0 Å². The summed E-state index contributed by atoms with van der Waals surface area (Å²) in [7, 11) is 0. The molecule has 8 nitrogen and oxygen atoms in total. The van der Waals surface area contributed by atoms with Crippen molar-refractivity contribution >= 4 is 0 Å². The van der Waals surface area contributed by atoms with Crippen LogP contribution in [-0.2, 0) is 13.2 Å². The molecule has 0 saturated heterocycles. The fourth-order valence-corrected chi connectivity index (χ4v) is 2.73. The molecule has 28 heavy (non-hydrogen) atoms. The van der Waals surface area contributed by atoms with Gasteiger partial charge in [-0.25, -0.2) is 4.39 Å². The lowest BCUT2D eigenvalue weighted by molar-refractivity contribution is 0.225. The predicted octanol–water partition coefficient (Wildman–Crippen LogP) is 1.31. The van der Waals surface area contributed by atoms with Crippen LogP contribution >= 0.6 is 0 Å². The van der Waals surface area contributed by atoms with Gasteiger partial charge in [-0.15, -0.1) is 0 Å². The second-order valence-electron chi connectivity index (χ2n) is 5.88. The highest BCUT2D eigenvalue weighted by atomic mass is 19.1. The smallest absolute Gasteiger partial charge is 0.227 e. The summed E-state index contributed by atoms with van der Waals surface area (Å²) in [4.78, 5) is 24.1. The number of hydrogen-bond donors (Lipinski definition) is 4. The molecule has 0 fully saturated rings. The van der Waals surface area contributed by atoms with E-state index >= 15 is 0 Å². The number of aliphatic hydroxyl groups excluding tert-OH is 2. The third kappa shape index (κ3) is 3.53. The molecular formula is C19H15FO8. The molecule has 146 valence electrons. The Morgan fingerprint density at radius 3 is 1.64 bits per heavy atom. The van der Waals surface area contributed by atoms with Gasteiger partial charge in [0.15, 0.2) is 11.5 Å². The monoisotopic (exact) mass is 390 g/mol. The fourth-order valence-electron chi connectivity index (χ4n) is 2.73. The van der Waals surface area contributed by atoms with Crippen molar-refractivity contribution in [2.24, 2.45) is 0 Å². The molecule has 0 atom stereocenters. The number of rotatable bonds is 5. The molecule has 0 aliphatic carbocycles. The Morgan fingerprint density at radius 2 is 1.25 bits per heavy atom. The highest BCUT2D eigenvalue weighted by Crippen LogP contribution is 2.39. The maximum atomic E-state index is 13.4. The Labute approximate surface area is 156 Å². The second kappa shape index (κ2) is 7.67. The Bertz CT molecular complexity index is 1050. The van der Waals surface area contributed by atoms with Gasteiger partial charge < -0.3 is 29.3 Å². The normalized spacial score (nSPS) is 11.1. The molecule has 1 aromatic carbocycles. The molecule has 0 amide bonds. The van der Waals surface area contributed by atoms with Crippen molar-refractivity contribution in [2.75, 3.05) is 0 Å². The molecular weight excluding hydrogens is 375 g/mol. The van der Waals surface area contributed by atoms with Gasteiger partial charge in [0.05, 0.1) is 0 Å². The summed E-state index contributed by atoms with van der Waals surface area (Å²) in [6.45, 7) is -1.32. The summed E-state index contributed by atoms with van der Waals surface area (Å²) < 4.78 is 24.1. The van der Waals surface area contributed by atoms with Gasteiger partial charge in [-0.05, 0) is 17.7 Å². The number of hydrogen-bond acceptors (Lipinski definition) is 8. The first-order valence-corrected chi connectivity index (χ1v) is 8.04. The highest BCUT2D eigenvalue weighted by Gasteiger charge is 2.31. The van der Waals surface area contributed by atoms with E-state index < -0.39 is 58.8 Å². The maximum Gasteiger partial charge on any atom is 0.227 e. The third-order valence-electron chi connectivity index (χ3n) is 4.04. The summed E-state index contributed by atoms with van der Waals surface area (Å²) >= 11 is 0. The van der Waals surface area contributed by atoms with Crippen molar-refractivity contribution in [3.05, 3.63) is 91.3 Å². The molecule has 0 radical (unpaired) electrons. The minimum atomic E-state index is -1.35. The van der Waals surface area contributed by atoms with Crippen molar-refractivity contribution < 1.29 is 33.7 Å². The van der Waals surface area contributed by atoms with Gasteiger partial charge in [0.2, 0.25) is 22.4 Å². The molecule has 9 heteroatoms. The van der Waals surface area contributed by atoms with Crippen LogP contribution in [0.1, 0.15) is 34.5 Å². The van der Waals surface area contributed by atoms with Gasteiger partial charge in [-0.3, -0.25) is 9.59 Å². The lowest BCUT2D eigenvalue weighted by Crippen LogP contribution is -2.14. The van der Waals surface area contributed by atoms with Crippen LogP contribution in [0.3, 0.4) is 0 Å². The summed E-state index contributed by atoms with van der Waals surface area (Å²) in [5.41, 5.74) is -1.56. The maximum absolute atomic E-state index is 13.4. The summed E-state index contributed by atoms with van der Waals surface area (Å²) in [5, 5.41) is 39.1. The standard InChI is InChI=1S/C19H15FO8/c20-10-3-1-9(2-4-10)15(18-16(25)13(23)5-11(7-21)27-18)19-17(26)14(24)6-12(8-22)28-19/h1-6,15,21-22,25-26H,7-8H2.